The number of nitrogens with zero attached hydrogens (tertiary/aromatic N) is 2. The molecule has 0 bridgehead atoms. The summed E-state index contributed by atoms with van der Waals surface area (Å²) in [7, 11) is 0. The Kier molecular flexibility index (Phi) is 3.04. The van der Waals surface area contributed by atoms with E-state index in [9.17, 15) is 5.11 Å². The van der Waals surface area contributed by atoms with Gasteiger partial charge in [0, 0.05) is 36.4 Å². The molecule has 4 nitrogen and oxygen atoms in total. The topological polar surface area (TPSA) is 50.1 Å². The van der Waals surface area contributed by atoms with E-state index in [4.69, 9.17) is 0 Å². The molecule has 0 aliphatic heterocycles. The summed E-state index contributed by atoms with van der Waals surface area (Å²) in [6.45, 7) is 7.31. The van der Waals surface area contributed by atoms with Crippen molar-refractivity contribution >= 4 is 0 Å². The van der Waals surface area contributed by atoms with Gasteiger partial charge in [-0.1, -0.05) is 13.8 Å². The molecule has 4 heteroatoms. The van der Waals surface area contributed by atoms with Gasteiger partial charge in [-0.05, 0) is 13.3 Å². The molecule has 1 heterocycles. The highest BCUT2D eigenvalue weighted by molar-refractivity contribution is 5.02. The summed E-state index contributed by atoms with van der Waals surface area (Å²) in [6, 6.07) is 0.812. The maximum absolute atomic E-state index is 9.66. The second kappa shape index (κ2) is 4.18. The Hall–Kier alpha value is -0.870. The highest BCUT2D eigenvalue weighted by Gasteiger charge is 2.47. The lowest BCUT2D eigenvalue weighted by Crippen LogP contribution is -2.61. The molecule has 0 amide bonds. The minimum absolute atomic E-state index is 0.00317. The van der Waals surface area contributed by atoms with Gasteiger partial charge in [-0.3, -0.25) is 0 Å². The molecule has 1 saturated carbocycles. The van der Waals surface area contributed by atoms with Crippen LogP contribution in [-0.2, 0) is 6.54 Å². The third-order valence-corrected chi connectivity index (χ3v) is 3.75. The van der Waals surface area contributed by atoms with Crippen molar-refractivity contribution in [3.63, 3.8) is 0 Å². The second-order valence-corrected chi connectivity index (χ2v) is 5.45. The molecule has 0 spiro atoms. The summed E-state index contributed by atoms with van der Waals surface area (Å²) in [6.07, 6.45) is 6.30. The molecule has 0 saturated heterocycles. The van der Waals surface area contributed by atoms with Crippen molar-refractivity contribution in [3.8, 4) is 0 Å². The Labute approximate surface area is 96.7 Å². The summed E-state index contributed by atoms with van der Waals surface area (Å²) < 4.78 is 2.07. The van der Waals surface area contributed by atoms with Crippen LogP contribution in [0.3, 0.4) is 0 Å². The van der Waals surface area contributed by atoms with Gasteiger partial charge in [0.05, 0.1) is 12.4 Å². The molecule has 0 radical (unpaired) electrons. The maximum Gasteiger partial charge on any atom is 0.0946 e. The van der Waals surface area contributed by atoms with Crippen LogP contribution in [0.25, 0.3) is 0 Å². The number of aromatic nitrogens is 2. The van der Waals surface area contributed by atoms with E-state index in [2.05, 4.69) is 35.6 Å². The monoisotopic (exact) mass is 223 g/mol. The fraction of sp³-hybridized carbons (Fsp3) is 0.750. The second-order valence-electron chi connectivity index (χ2n) is 5.45. The van der Waals surface area contributed by atoms with Crippen molar-refractivity contribution in [1.82, 2.24) is 14.9 Å². The van der Waals surface area contributed by atoms with E-state index >= 15 is 0 Å². The van der Waals surface area contributed by atoms with Crippen molar-refractivity contribution in [2.75, 3.05) is 0 Å². The lowest BCUT2D eigenvalue weighted by atomic mass is 9.64. The molecule has 3 unspecified atom stereocenters. The van der Waals surface area contributed by atoms with Gasteiger partial charge in [0.25, 0.3) is 0 Å². The van der Waals surface area contributed by atoms with Gasteiger partial charge in [0.15, 0.2) is 0 Å². The molecule has 16 heavy (non-hydrogen) atoms. The van der Waals surface area contributed by atoms with Crippen LogP contribution in [0.1, 0.15) is 27.2 Å². The third kappa shape index (κ3) is 2.13. The standard InChI is InChI=1S/C12H21N3O/c1-9(7-15-5-4-13-8-15)14-10-6-11(16)12(10,2)3/h4-5,8-11,14,16H,6-7H2,1-3H3. The van der Waals surface area contributed by atoms with Crippen LogP contribution < -0.4 is 5.32 Å². The van der Waals surface area contributed by atoms with Crippen LogP contribution in [0.2, 0.25) is 0 Å². The number of imidazole rings is 1. The fourth-order valence-electron chi connectivity index (χ4n) is 2.29. The molecule has 1 aromatic rings. The van der Waals surface area contributed by atoms with Crippen LogP contribution in [0.4, 0.5) is 0 Å². The smallest absolute Gasteiger partial charge is 0.0946 e. The predicted octanol–water partition coefficient (Wildman–Crippen LogP) is 1.02. The fourth-order valence-corrected chi connectivity index (χ4v) is 2.29. The van der Waals surface area contributed by atoms with Crippen molar-refractivity contribution in [1.29, 1.82) is 0 Å². The number of aliphatic hydroxyl groups is 1. The summed E-state index contributed by atoms with van der Waals surface area (Å²) in [5.41, 5.74) is 0.00317. The first-order chi connectivity index (χ1) is 7.50. The van der Waals surface area contributed by atoms with Gasteiger partial charge in [-0.25, -0.2) is 4.98 Å². The van der Waals surface area contributed by atoms with E-state index < -0.39 is 0 Å². The molecule has 0 aromatic carbocycles. The molecule has 1 aliphatic rings. The molecule has 1 aliphatic carbocycles. The first kappa shape index (κ1) is 11.6. The Morgan fingerprint density at radius 2 is 2.38 bits per heavy atom. The molecule has 2 N–H and O–H groups in total. The van der Waals surface area contributed by atoms with Gasteiger partial charge in [-0.2, -0.15) is 0 Å². The first-order valence-electron chi connectivity index (χ1n) is 5.90. The zero-order chi connectivity index (χ0) is 11.8. The number of hydrogen-bond donors (Lipinski definition) is 2. The molecular weight excluding hydrogens is 202 g/mol. The first-order valence-corrected chi connectivity index (χ1v) is 5.90. The SMILES string of the molecule is CC(Cn1ccnc1)NC1CC(O)C1(C)C. The summed E-state index contributed by atoms with van der Waals surface area (Å²) in [5.74, 6) is 0. The Morgan fingerprint density at radius 1 is 1.62 bits per heavy atom. The van der Waals surface area contributed by atoms with E-state index in [1.807, 2.05) is 12.5 Å². The number of rotatable bonds is 4. The highest BCUT2D eigenvalue weighted by Crippen LogP contribution is 2.40. The summed E-state index contributed by atoms with van der Waals surface area (Å²) in [4.78, 5) is 4.02. The minimum Gasteiger partial charge on any atom is -0.392 e. The van der Waals surface area contributed by atoms with Crippen LogP contribution in [0, 0.1) is 5.41 Å². The van der Waals surface area contributed by atoms with Crippen molar-refractivity contribution in [2.24, 2.45) is 5.41 Å². The Bertz CT molecular complexity index is 334. The number of aliphatic hydroxyl groups excluding tert-OH is 1. The van der Waals surface area contributed by atoms with E-state index in [0.717, 1.165) is 13.0 Å². The zero-order valence-electron chi connectivity index (χ0n) is 10.2. The quantitative estimate of drug-likeness (QED) is 0.801. The maximum atomic E-state index is 9.66. The van der Waals surface area contributed by atoms with Crippen LogP contribution in [0.15, 0.2) is 18.7 Å². The Morgan fingerprint density at radius 3 is 2.88 bits per heavy atom. The number of nitrogens with one attached hydrogen (secondary N) is 1. The van der Waals surface area contributed by atoms with Crippen LogP contribution in [-0.4, -0.2) is 32.8 Å². The van der Waals surface area contributed by atoms with Gasteiger partial charge in [0.1, 0.15) is 0 Å². The number of hydrogen-bond acceptors (Lipinski definition) is 3. The lowest BCUT2D eigenvalue weighted by Gasteiger charge is -2.50. The molecular formula is C12H21N3O. The van der Waals surface area contributed by atoms with Crippen LogP contribution >= 0.6 is 0 Å². The predicted molar refractivity (Wildman–Crippen MR) is 63.0 cm³/mol. The molecule has 3 atom stereocenters. The average Bonchev–Trinajstić information content (AvgIpc) is 2.70. The van der Waals surface area contributed by atoms with Crippen molar-refractivity contribution < 1.29 is 5.11 Å². The third-order valence-electron chi connectivity index (χ3n) is 3.75. The van der Waals surface area contributed by atoms with E-state index in [0.29, 0.717) is 12.1 Å². The Balaban J connectivity index is 1.82. The van der Waals surface area contributed by atoms with Crippen molar-refractivity contribution in [2.45, 2.75) is 51.9 Å². The van der Waals surface area contributed by atoms with Crippen molar-refractivity contribution in [3.05, 3.63) is 18.7 Å². The zero-order valence-corrected chi connectivity index (χ0v) is 10.2. The molecule has 2 rings (SSSR count). The van der Waals surface area contributed by atoms with Crippen LogP contribution in [0.5, 0.6) is 0 Å². The highest BCUT2D eigenvalue weighted by atomic mass is 16.3. The lowest BCUT2D eigenvalue weighted by molar-refractivity contribution is -0.0757. The van der Waals surface area contributed by atoms with E-state index in [-0.39, 0.29) is 11.5 Å². The van der Waals surface area contributed by atoms with E-state index in [1.54, 1.807) is 6.20 Å². The molecule has 1 aromatic heterocycles. The minimum atomic E-state index is -0.162. The molecule has 90 valence electrons. The average molecular weight is 223 g/mol. The summed E-state index contributed by atoms with van der Waals surface area (Å²) in [5, 5.41) is 13.2. The summed E-state index contributed by atoms with van der Waals surface area (Å²) >= 11 is 0. The van der Waals surface area contributed by atoms with Gasteiger partial charge < -0.3 is 15.0 Å². The van der Waals surface area contributed by atoms with Gasteiger partial charge >= 0.3 is 0 Å². The van der Waals surface area contributed by atoms with Gasteiger partial charge in [-0.15, -0.1) is 0 Å². The molecule has 1 fully saturated rings. The normalized spacial score (nSPS) is 29.8. The van der Waals surface area contributed by atoms with Gasteiger partial charge in [0.2, 0.25) is 0 Å². The largest absolute Gasteiger partial charge is 0.392 e. The van der Waals surface area contributed by atoms with E-state index in [1.165, 1.54) is 0 Å².